The second-order valence-corrected chi connectivity index (χ2v) is 10.3. The number of nitrogens with zero attached hydrogens (tertiary/aromatic N) is 4. The number of piperazine rings is 1. The van der Waals surface area contributed by atoms with E-state index in [0.717, 1.165) is 11.3 Å². The normalized spacial score (nSPS) is 18.6. The number of hydrogen-bond acceptors (Lipinski definition) is 7. The monoisotopic (exact) mass is 554 g/mol. The minimum absolute atomic E-state index is 0.0914. The number of rotatable bonds is 12. The predicted octanol–water partition coefficient (Wildman–Crippen LogP) is 1.71. The van der Waals surface area contributed by atoms with Crippen LogP contribution >= 0.6 is 0 Å². The molecule has 0 saturated carbocycles. The fourth-order valence-corrected chi connectivity index (χ4v) is 4.93. The molecule has 0 radical (unpaired) electrons. The van der Waals surface area contributed by atoms with Crippen LogP contribution in [0.15, 0.2) is 41.6 Å². The Morgan fingerprint density at radius 2 is 1.98 bits per heavy atom. The Kier molecular flexibility index (Phi) is 11.3. The highest BCUT2D eigenvalue weighted by molar-refractivity contribution is 6.13. The fraction of sp³-hybridized carbons (Fsp3) is 0.483. The number of nitrogens with two attached hydrogens (primary N) is 1. The van der Waals surface area contributed by atoms with Crippen molar-refractivity contribution in [1.82, 2.24) is 20.1 Å². The molecule has 40 heavy (non-hydrogen) atoms. The SMILES string of the molecule is COCC[C@H](c1nccc(C)c1F)N1C[C@@H](C)N(C(=O)C(C)C)[C@@H](C(=O)NCc2ccc(N/N=C\C=[NH2+])cc2)C1. The molecular weight excluding hydrogens is 513 g/mol. The van der Waals surface area contributed by atoms with Gasteiger partial charge in [-0.15, -0.1) is 0 Å². The molecule has 11 heteroatoms. The molecule has 4 N–H and O–H groups in total. The van der Waals surface area contributed by atoms with Crippen molar-refractivity contribution in [3.63, 3.8) is 0 Å². The smallest absolute Gasteiger partial charge is 0.244 e. The number of amides is 2. The molecule has 3 rings (SSSR count). The molecule has 0 aliphatic carbocycles. The number of nitrogens with one attached hydrogen (secondary N) is 2. The molecule has 2 heterocycles. The second kappa shape index (κ2) is 14.6. The summed E-state index contributed by atoms with van der Waals surface area (Å²) in [5.74, 6) is -0.989. The Balaban J connectivity index is 1.83. The third-order valence-electron chi connectivity index (χ3n) is 7.00. The van der Waals surface area contributed by atoms with E-state index in [1.807, 2.05) is 45.0 Å². The highest BCUT2D eigenvalue weighted by atomic mass is 19.1. The summed E-state index contributed by atoms with van der Waals surface area (Å²) in [6, 6.07) is 7.66. The van der Waals surface area contributed by atoms with E-state index < -0.39 is 12.1 Å². The summed E-state index contributed by atoms with van der Waals surface area (Å²) in [5.41, 5.74) is 5.36. The summed E-state index contributed by atoms with van der Waals surface area (Å²) in [7, 11) is 1.60. The van der Waals surface area contributed by atoms with E-state index in [1.54, 1.807) is 31.2 Å². The number of aromatic nitrogens is 1. The minimum atomic E-state index is -0.751. The van der Waals surface area contributed by atoms with Crippen LogP contribution in [-0.2, 0) is 20.9 Å². The van der Waals surface area contributed by atoms with Crippen molar-refractivity contribution in [1.29, 1.82) is 0 Å². The second-order valence-electron chi connectivity index (χ2n) is 10.3. The molecule has 0 spiro atoms. The fourth-order valence-electron chi connectivity index (χ4n) is 4.93. The van der Waals surface area contributed by atoms with Gasteiger partial charge in [0.2, 0.25) is 11.8 Å². The van der Waals surface area contributed by atoms with Gasteiger partial charge in [-0.25, -0.2) is 4.39 Å². The number of anilines is 1. The van der Waals surface area contributed by atoms with Crippen molar-refractivity contribution < 1.29 is 24.1 Å². The molecule has 1 aliphatic rings. The number of aryl methyl sites for hydroxylation is 1. The van der Waals surface area contributed by atoms with Crippen LogP contribution in [0.2, 0.25) is 0 Å². The van der Waals surface area contributed by atoms with Gasteiger partial charge in [-0.3, -0.25) is 30.3 Å². The van der Waals surface area contributed by atoms with Gasteiger partial charge < -0.3 is 15.0 Å². The zero-order valence-corrected chi connectivity index (χ0v) is 23.9. The molecule has 2 amide bonds. The predicted molar refractivity (Wildman–Crippen MR) is 153 cm³/mol. The molecule has 10 nitrogen and oxygen atoms in total. The summed E-state index contributed by atoms with van der Waals surface area (Å²) in [6.07, 6.45) is 4.86. The van der Waals surface area contributed by atoms with Gasteiger partial charge in [0.05, 0.1) is 17.4 Å². The Hall–Kier alpha value is -3.70. The Morgan fingerprint density at radius 3 is 2.62 bits per heavy atom. The van der Waals surface area contributed by atoms with Crippen LogP contribution in [-0.4, -0.2) is 77.9 Å². The number of pyridine rings is 1. The highest BCUT2D eigenvalue weighted by Crippen LogP contribution is 2.31. The Bertz CT molecular complexity index is 1190. The number of halogens is 1. The van der Waals surface area contributed by atoms with Crippen LogP contribution in [0, 0.1) is 18.7 Å². The molecule has 216 valence electrons. The van der Waals surface area contributed by atoms with Gasteiger partial charge in [0.25, 0.3) is 0 Å². The summed E-state index contributed by atoms with van der Waals surface area (Å²) < 4.78 is 20.6. The van der Waals surface area contributed by atoms with Gasteiger partial charge >= 0.3 is 0 Å². The summed E-state index contributed by atoms with van der Waals surface area (Å²) in [4.78, 5) is 35.0. The molecule has 1 aliphatic heterocycles. The number of methoxy groups -OCH3 is 1. The number of carbonyl (C=O) groups is 2. The van der Waals surface area contributed by atoms with Gasteiger partial charge in [0.1, 0.15) is 18.1 Å². The van der Waals surface area contributed by atoms with E-state index in [2.05, 4.69) is 25.7 Å². The van der Waals surface area contributed by atoms with E-state index in [1.165, 1.54) is 12.4 Å². The first-order chi connectivity index (χ1) is 19.2. The molecule has 0 unspecified atom stereocenters. The maximum Gasteiger partial charge on any atom is 0.244 e. The maximum absolute atomic E-state index is 15.2. The average Bonchev–Trinajstić information content (AvgIpc) is 2.94. The molecule has 1 saturated heterocycles. The number of hydrazone groups is 1. The third kappa shape index (κ3) is 7.70. The van der Waals surface area contributed by atoms with Crippen molar-refractivity contribution in [3.05, 3.63) is 59.2 Å². The van der Waals surface area contributed by atoms with E-state index in [0.29, 0.717) is 30.8 Å². The average molecular weight is 555 g/mol. The van der Waals surface area contributed by atoms with Crippen molar-refractivity contribution in [2.75, 3.05) is 32.2 Å². The standard InChI is InChI=1S/C29H40FN7O3/c1-19(2)29(39)37-21(4)17-36(24(11-15-40-5)27-26(30)20(3)10-13-32-27)18-25(37)28(38)33-16-22-6-8-23(9-7-22)35-34-14-12-31/h6-10,12-14,19,21,24-25,31,35H,11,15-18H2,1-5H3,(H,33,38)/p+1/b31-12?,34-14-/t21-,24-,25-/m1/s1. The largest absolute Gasteiger partial charge is 0.385 e. The summed E-state index contributed by atoms with van der Waals surface area (Å²) in [6.45, 7) is 8.70. The first-order valence-corrected chi connectivity index (χ1v) is 13.5. The van der Waals surface area contributed by atoms with Gasteiger partial charge in [-0.1, -0.05) is 26.0 Å². The van der Waals surface area contributed by atoms with Gasteiger partial charge in [-0.2, -0.15) is 5.10 Å². The highest BCUT2D eigenvalue weighted by Gasteiger charge is 2.42. The lowest BCUT2D eigenvalue weighted by Crippen LogP contribution is -2.65. The van der Waals surface area contributed by atoms with Gasteiger partial charge in [0.15, 0.2) is 6.21 Å². The zero-order chi connectivity index (χ0) is 29.2. The topological polar surface area (TPSA) is 125 Å². The quantitative estimate of drug-likeness (QED) is 0.271. The van der Waals surface area contributed by atoms with Crippen LogP contribution in [0.3, 0.4) is 0 Å². The van der Waals surface area contributed by atoms with Crippen LogP contribution in [0.1, 0.15) is 50.1 Å². The molecular formula is C29H41FN7O3+. The lowest BCUT2D eigenvalue weighted by molar-refractivity contribution is -0.151. The Morgan fingerprint density at radius 1 is 1.25 bits per heavy atom. The van der Waals surface area contributed by atoms with Gasteiger partial charge in [0, 0.05) is 51.5 Å². The molecule has 1 aromatic heterocycles. The van der Waals surface area contributed by atoms with Crippen LogP contribution in [0.5, 0.6) is 0 Å². The van der Waals surface area contributed by atoms with Crippen LogP contribution < -0.4 is 16.2 Å². The summed E-state index contributed by atoms with van der Waals surface area (Å²) in [5, 5.41) is 12.2. The van der Waals surface area contributed by atoms with Crippen LogP contribution in [0.4, 0.5) is 10.1 Å². The van der Waals surface area contributed by atoms with Gasteiger partial charge in [-0.05, 0) is 49.6 Å². The summed E-state index contributed by atoms with van der Waals surface area (Å²) >= 11 is 0. The molecule has 1 aromatic carbocycles. The lowest BCUT2D eigenvalue weighted by Gasteiger charge is -2.47. The molecule has 3 atom stereocenters. The third-order valence-corrected chi connectivity index (χ3v) is 7.00. The van der Waals surface area contributed by atoms with E-state index in [4.69, 9.17) is 10.1 Å². The van der Waals surface area contributed by atoms with Crippen molar-refractivity contribution in [3.8, 4) is 0 Å². The van der Waals surface area contributed by atoms with E-state index in [9.17, 15) is 9.59 Å². The molecule has 2 aromatic rings. The zero-order valence-electron chi connectivity index (χ0n) is 23.9. The first-order valence-electron chi connectivity index (χ1n) is 13.5. The molecule has 0 bridgehead atoms. The number of benzene rings is 1. The number of carbonyl (C=O) groups excluding carboxylic acids is 2. The number of hydrogen-bond donors (Lipinski definition) is 3. The van der Waals surface area contributed by atoms with Crippen LogP contribution in [0.25, 0.3) is 0 Å². The van der Waals surface area contributed by atoms with E-state index >= 15 is 4.39 Å². The Labute approximate surface area is 235 Å². The minimum Gasteiger partial charge on any atom is -0.385 e. The number of ether oxygens (including phenoxy) is 1. The maximum atomic E-state index is 15.2. The lowest BCUT2D eigenvalue weighted by atomic mass is 9.97. The van der Waals surface area contributed by atoms with Crippen molar-refractivity contribution in [2.24, 2.45) is 11.0 Å². The van der Waals surface area contributed by atoms with E-state index in [-0.39, 0.29) is 42.7 Å². The van der Waals surface area contributed by atoms with Crippen molar-refractivity contribution in [2.45, 2.75) is 58.8 Å². The molecule has 1 fully saturated rings. The van der Waals surface area contributed by atoms with Crippen molar-refractivity contribution >= 4 is 29.9 Å². The first kappa shape index (κ1) is 30.8.